The fraction of sp³-hybridized carbons (Fsp3) is 0.333. The number of nitrogens with one attached hydrogen (secondary N) is 4. The van der Waals surface area contributed by atoms with Gasteiger partial charge in [0.15, 0.2) is 0 Å². The van der Waals surface area contributed by atoms with Gasteiger partial charge in [-0.05, 0) is 50.2 Å². The molecule has 4 aromatic rings. The summed E-state index contributed by atoms with van der Waals surface area (Å²) in [5.74, 6) is 1.08. The molecule has 0 bridgehead atoms. The van der Waals surface area contributed by atoms with E-state index >= 15 is 0 Å². The van der Waals surface area contributed by atoms with Gasteiger partial charge < -0.3 is 26.0 Å². The second-order valence-corrected chi connectivity index (χ2v) is 14.5. The molecule has 2 aromatic heterocycles. The molecule has 288 valence electrons. The van der Waals surface area contributed by atoms with Crippen LogP contribution in [-0.4, -0.2) is 82.8 Å². The maximum atomic E-state index is 13.1. The van der Waals surface area contributed by atoms with Crippen LogP contribution in [0.1, 0.15) is 46.0 Å². The van der Waals surface area contributed by atoms with Gasteiger partial charge in [0, 0.05) is 37.3 Å². The molecular weight excluding hydrogens is 790 g/mol. The highest BCUT2D eigenvalue weighted by Gasteiger charge is 2.28. The highest BCUT2D eigenvalue weighted by molar-refractivity contribution is 6.42. The number of rotatable bonds is 12. The van der Waals surface area contributed by atoms with Gasteiger partial charge in [0.25, 0.3) is 11.8 Å². The van der Waals surface area contributed by atoms with Gasteiger partial charge in [-0.25, -0.2) is 19.9 Å². The molecule has 0 spiro atoms. The lowest BCUT2D eigenvalue weighted by Gasteiger charge is -2.14. The molecule has 0 fully saturated rings. The maximum absolute atomic E-state index is 13.1. The van der Waals surface area contributed by atoms with Crippen LogP contribution in [0.5, 0.6) is 0 Å². The molecule has 15 nitrogen and oxygen atoms in total. The Labute approximate surface area is 337 Å². The summed E-state index contributed by atoms with van der Waals surface area (Å²) in [6, 6.07) is 10.5. The first-order valence-corrected chi connectivity index (χ1v) is 18.8. The summed E-state index contributed by atoms with van der Waals surface area (Å²) in [5.41, 5.74) is 3.26. The second kappa shape index (κ2) is 17.8. The lowest BCUT2D eigenvalue weighted by molar-refractivity contribution is 0.0966. The molecule has 2 aliphatic heterocycles. The Bertz CT molecular complexity index is 2000. The van der Waals surface area contributed by atoms with E-state index < -0.39 is 0 Å². The number of carbonyl (C=O) groups is 2. The van der Waals surface area contributed by atoms with Gasteiger partial charge in [0.2, 0.25) is 11.9 Å². The van der Waals surface area contributed by atoms with Crippen molar-refractivity contribution in [3.05, 3.63) is 91.4 Å². The van der Waals surface area contributed by atoms with E-state index in [0.717, 1.165) is 11.4 Å². The van der Waals surface area contributed by atoms with Gasteiger partial charge in [-0.15, -0.1) is 0 Å². The number of aromatic nitrogens is 4. The molecule has 4 N–H and O–H groups in total. The van der Waals surface area contributed by atoms with Crippen LogP contribution in [0, 0.1) is 25.7 Å². The third kappa shape index (κ3) is 9.90. The number of amidine groups is 2. The van der Waals surface area contributed by atoms with E-state index in [1.165, 1.54) is 12.4 Å². The Morgan fingerprint density at radius 2 is 1.11 bits per heavy atom. The highest BCUT2D eigenvalue weighted by Crippen LogP contribution is 2.31. The predicted molar refractivity (Wildman–Crippen MR) is 217 cm³/mol. The molecule has 0 saturated heterocycles. The van der Waals surface area contributed by atoms with Gasteiger partial charge in [0.1, 0.15) is 11.7 Å². The summed E-state index contributed by atoms with van der Waals surface area (Å²) >= 11 is 24.4. The average molecular weight is 829 g/mol. The van der Waals surface area contributed by atoms with Gasteiger partial charge >= 0.3 is 0 Å². The first-order valence-electron chi connectivity index (χ1n) is 17.3. The van der Waals surface area contributed by atoms with Crippen LogP contribution in [0.2, 0.25) is 20.1 Å². The van der Waals surface area contributed by atoms with E-state index in [1.807, 2.05) is 26.0 Å². The van der Waals surface area contributed by atoms with Crippen LogP contribution in [0.15, 0.2) is 59.0 Å². The minimum Gasteiger partial charge on any atom is -0.378 e. The summed E-state index contributed by atoms with van der Waals surface area (Å²) in [5, 5.41) is 26.5. The number of nitrogens with zero attached hydrogens (tertiary/aromatic N) is 8. The number of hydrogen-bond acceptors (Lipinski definition) is 13. The third-order valence-electron chi connectivity index (χ3n) is 8.68. The smallest absolute Gasteiger partial charge is 0.260 e. The number of benzene rings is 2. The van der Waals surface area contributed by atoms with Crippen LogP contribution in [0.4, 0.5) is 23.3 Å². The summed E-state index contributed by atoms with van der Waals surface area (Å²) in [6.07, 6.45) is 2.96. The summed E-state index contributed by atoms with van der Waals surface area (Å²) in [4.78, 5) is 43.6. The Balaban J connectivity index is 0.903. The molecule has 55 heavy (non-hydrogen) atoms. The first-order chi connectivity index (χ1) is 26.4. The summed E-state index contributed by atoms with van der Waals surface area (Å²) < 4.78 is 5.71. The van der Waals surface area contributed by atoms with Crippen molar-refractivity contribution in [2.75, 3.05) is 60.0 Å². The molecule has 0 saturated carbocycles. The Hall–Kier alpha value is -4.80. The van der Waals surface area contributed by atoms with Crippen LogP contribution in [0.25, 0.3) is 0 Å². The minimum atomic E-state index is -0.346. The van der Waals surface area contributed by atoms with E-state index in [9.17, 15) is 9.59 Å². The first kappa shape index (κ1) is 39.9. The fourth-order valence-corrected chi connectivity index (χ4v) is 6.22. The fourth-order valence-electron chi connectivity index (χ4n) is 5.63. The number of halogens is 4. The number of carbonyl (C=O) groups excluding carboxylic acids is 2. The minimum absolute atomic E-state index is 0.0236. The number of amides is 2. The van der Waals surface area contributed by atoms with Crippen molar-refractivity contribution in [3.63, 3.8) is 0 Å². The van der Waals surface area contributed by atoms with Crippen LogP contribution in [-0.2, 0) is 4.74 Å². The maximum Gasteiger partial charge on any atom is 0.260 e. The van der Waals surface area contributed by atoms with E-state index in [1.54, 1.807) is 48.1 Å². The molecule has 19 heteroatoms. The van der Waals surface area contributed by atoms with E-state index in [4.69, 9.17) is 51.1 Å². The van der Waals surface area contributed by atoms with E-state index in [0.29, 0.717) is 106 Å². The van der Waals surface area contributed by atoms with Crippen molar-refractivity contribution >= 4 is 93.2 Å². The number of ether oxygens (including phenoxy) is 1. The molecule has 4 heterocycles. The molecule has 0 unspecified atom stereocenters. The van der Waals surface area contributed by atoms with Gasteiger partial charge in [0.05, 0.1) is 80.3 Å². The number of hydrogen-bond donors (Lipinski definition) is 4. The predicted octanol–water partition coefficient (Wildman–Crippen LogP) is 6.44. The molecule has 6 rings (SSSR count). The van der Waals surface area contributed by atoms with Crippen molar-refractivity contribution in [2.24, 2.45) is 22.0 Å². The topological polar surface area (TPSA) is 174 Å². The number of anilines is 4. The summed E-state index contributed by atoms with van der Waals surface area (Å²) in [6.45, 7) is 10.2. The Kier molecular flexibility index (Phi) is 12.9. The lowest BCUT2D eigenvalue weighted by atomic mass is 10.1. The molecule has 2 amide bonds. The molecule has 2 aliphatic rings. The van der Waals surface area contributed by atoms with E-state index in [-0.39, 0.29) is 23.7 Å². The van der Waals surface area contributed by atoms with Crippen LogP contribution in [0.3, 0.4) is 0 Å². The molecule has 0 radical (unpaired) electrons. The average Bonchev–Trinajstić information content (AvgIpc) is 3.70. The van der Waals surface area contributed by atoms with Gasteiger partial charge in [-0.1, -0.05) is 60.3 Å². The van der Waals surface area contributed by atoms with Crippen LogP contribution < -0.4 is 31.3 Å². The van der Waals surface area contributed by atoms with Crippen molar-refractivity contribution in [1.29, 1.82) is 0 Å². The number of hydrazone groups is 2. The zero-order valence-corrected chi connectivity index (χ0v) is 33.4. The van der Waals surface area contributed by atoms with Crippen molar-refractivity contribution in [3.8, 4) is 0 Å². The van der Waals surface area contributed by atoms with Crippen molar-refractivity contribution in [1.82, 2.24) is 30.6 Å². The third-order valence-corrected chi connectivity index (χ3v) is 10.2. The normalized spacial score (nSPS) is 16.5. The monoisotopic (exact) mass is 826 g/mol. The van der Waals surface area contributed by atoms with Gasteiger partial charge in [-0.3, -0.25) is 19.6 Å². The molecule has 0 aliphatic carbocycles. The summed E-state index contributed by atoms with van der Waals surface area (Å²) in [7, 11) is 0. The van der Waals surface area contributed by atoms with Crippen molar-refractivity contribution < 1.29 is 14.3 Å². The Morgan fingerprint density at radius 1 is 0.691 bits per heavy atom. The molecular formula is C36H38Cl4N12O3. The zero-order chi connectivity index (χ0) is 39.2. The lowest BCUT2D eigenvalue weighted by Crippen LogP contribution is -2.34. The molecule has 2 atom stereocenters. The quantitative estimate of drug-likeness (QED) is 0.116. The van der Waals surface area contributed by atoms with E-state index in [2.05, 4.69) is 51.4 Å². The van der Waals surface area contributed by atoms with Crippen LogP contribution >= 0.6 is 46.4 Å². The SMILES string of the molecule is Cc1nc(NCCOCCNc2ncc(C(=O)NC3=NN(c4ccc(Cl)c(Cl)c4)C[C@@H]3C)c(C)n2)ncc1C(=O)NC1=NN(c2ccc(Cl)c(Cl)c2)C[C@@H]1C. The Morgan fingerprint density at radius 3 is 1.49 bits per heavy atom. The molecule has 2 aromatic carbocycles. The second-order valence-electron chi connectivity index (χ2n) is 12.9. The van der Waals surface area contributed by atoms with Gasteiger partial charge in [-0.2, -0.15) is 10.2 Å². The highest BCUT2D eigenvalue weighted by atomic mass is 35.5. The number of aryl methyl sites for hydroxylation is 2. The van der Waals surface area contributed by atoms with Crippen molar-refractivity contribution in [2.45, 2.75) is 27.7 Å². The largest absolute Gasteiger partial charge is 0.378 e. The standard InChI is InChI=1S/C36H38Cl4N12O3/c1-19-17-51(23-5-7-27(37)29(39)13-23)49-31(19)47-33(53)25-15-43-35(45-21(25)3)41-9-11-55-12-10-42-36-44-16-26(22(4)46-36)34(54)48-32-20(2)18-52(50-32)24-6-8-28(38)30(40)14-24/h5-8,13-16,19-20H,9-12,17-18H2,1-4H3,(H,41,43,45)(H,42,44,46)(H,47,49,53)(H,48,50,54)/t19-,20-/m0/s1. The zero-order valence-electron chi connectivity index (χ0n) is 30.3.